The van der Waals surface area contributed by atoms with Gasteiger partial charge in [-0.2, -0.15) is 0 Å². The molecule has 0 bridgehead atoms. The van der Waals surface area contributed by atoms with E-state index in [-0.39, 0.29) is 24.0 Å². The van der Waals surface area contributed by atoms with Gasteiger partial charge in [-0.3, -0.25) is 19.3 Å². The minimum atomic E-state index is -2.04. The number of thioether (sulfide) groups is 2. The third kappa shape index (κ3) is 4.64. The number of tetrazole rings is 1. The van der Waals surface area contributed by atoms with E-state index in [1.54, 1.807) is 37.3 Å². The van der Waals surface area contributed by atoms with Gasteiger partial charge in [-0.25, -0.2) is 19.6 Å². The quantitative estimate of drug-likeness (QED) is 0.206. The number of nitrogens with one attached hydrogen (secondary N) is 3. The van der Waals surface area contributed by atoms with E-state index in [9.17, 15) is 29.1 Å². The van der Waals surface area contributed by atoms with E-state index in [4.69, 9.17) is 0 Å². The highest BCUT2D eigenvalue weighted by atomic mass is 32.2. The molecule has 208 valence electrons. The summed E-state index contributed by atoms with van der Waals surface area (Å²) in [5.74, 6) is -2.21. The predicted octanol–water partition coefficient (Wildman–Crippen LogP) is 0.744. The van der Waals surface area contributed by atoms with Gasteiger partial charge >= 0.3 is 18.0 Å². The van der Waals surface area contributed by atoms with Gasteiger partial charge in [-0.1, -0.05) is 48.6 Å². The Balaban J connectivity index is 1.99. The van der Waals surface area contributed by atoms with Gasteiger partial charge in [-0.05, 0) is 22.6 Å². The molecule has 2 aromatic rings. The third-order valence-electron chi connectivity index (χ3n) is 6.78. The monoisotopic (exact) mass is 577 g/mol. The number of benzene rings is 1. The Bertz CT molecular complexity index is 1280. The number of anilines is 1. The first-order valence-corrected chi connectivity index (χ1v) is 13.5. The molecule has 2 fully saturated rings. The standard InChI is InChI=1S/C22H27N9O6S2/c1-12(38-18-25-27-28-26-18)21(17(34)35)11-30-15(33)10-16(30)39-22(21,24-20(37)29(4)19(36)23-3)31(13(2)32)14-8-6-5-7-9-14/h5-9,12,16H,10-11H2,1-4H3,(H,23,36)(H,24,37)(H,34,35)(H,25,26,27,28)/t12?,16-,21?,22?/m1/s1. The number of hydrogen-bond donors (Lipinski definition) is 4. The minimum absolute atomic E-state index is 0.0807. The molecule has 4 atom stereocenters. The number of carbonyl (C=O) groups is 5. The molecule has 1 aromatic heterocycles. The second kappa shape index (κ2) is 10.7. The van der Waals surface area contributed by atoms with Gasteiger partial charge in [0.2, 0.25) is 17.0 Å². The lowest BCUT2D eigenvalue weighted by atomic mass is 9.77. The minimum Gasteiger partial charge on any atom is -0.481 e. The maximum atomic E-state index is 13.6. The summed E-state index contributed by atoms with van der Waals surface area (Å²) in [5.41, 5.74) is -1.73. The molecular weight excluding hydrogens is 550 g/mol. The molecular formula is C22H27N9O6S2. The second-order valence-electron chi connectivity index (χ2n) is 8.92. The van der Waals surface area contributed by atoms with Crippen molar-refractivity contribution in [2.24, 2.45) is 5.41 Å². The van der Waals surface area contributed by atoms with E-state index in [0.717, 1.165) is 28.4 Å². The highest BCUT2D eigenvalue weighted by Crippen LogP contribution is 2.59. The largest absolute Gasteiger partial charge is 0.481 e. The van der Waals surface area contributed by atoms with E-state index in [1.165, 1.54) is 30.8 Å². The fourth-order valence-electron chi connectivity index (χ4n) is 4.76. The molecule has 2 saturated heterocycles. The average molecular weight is 578 g/mol. The predicted molar refractivity (Wildman–Crippen MR) is 140 cm³/mol. The van der Waals surface area contributed by atoms with Crippen LogP contribution in [0.2, 0.25) is 0 Å². The molecule has 2 aliphatic rings. The van der Waals surface area contributed by atoms with E-state index >= 15 is 0 Å². The maximum Gasteiger partial charge on any atom is 0.327 e. The zero-order valence-corrected chi connectivity index (χ0v) is 23.1. The summed E-state index contributed by atoms with van der Waals surface area (Å²) in [7, 11) is 2.56. The Labute approximate surface area is 231 Å². The smallest absolute Gasteiger partial charge is 0.327 e. The van der Waals surface area contributed by atoms with Crippen LogP contribution in [0.5, 0.6) is 0 Å². The highest BCUT2D eigenvalue weighted by Gasteiger charge is 2.72. The van der Waals surface area contributed by atoms with Crippen molar-refractivity contribution in [3.63, 3.8) is 0 Å². The number of fused-ring (bicyclic) bond motifs is 1. The Morgan fingerprint density at radius 2 is 1.95 bits per heavy atom. The van der Waals surface area contributed by atoms with Crippen molar-refractivity contribution in [3.05, 3.63) is 30.3 Å². The number of hydrogen-bond acceptors (Lipinski definition) is 10. The van der Waals surface area contributed by atoms with Crippen LogP contribution in [0.15, 0.2) is 35.5 Å². The van der Waals surface area contributed by atoms with Gasteiger partial charge in [-0.15, -0.1) is 5.10 Å². The lowest BCUT2D eigenvalue weighted by Crippen LogP contribution is -2.81. The molecule has 4 rings (SSSR count). The number of para-hydroxylation sites is 1. The van der Waals surface area contributed by atoms with Crippen molar-refractivity contribution in [2.75, 3.05) is 25.5 Å². The van der Waals surface area contributed by atoms with Crippen LogP contribution in [0, 0.1) is 5.41 Å². The Kier molecular flexibility index (Phi) is 7.74. The molecule has 2 aliphatic heterocycles. The summed E-state index contributed by atoms with van der Waals surface area (Å²) in [6.45, 7) is 2.52. The number of rotatable bonds is 7. The highest BCUT2D eigenvalue weighted by molar-refractivity contribution is 8.02. The van der Waals surface area contributed by atoms with Crippen molar-refractivity contribution in [3.8, 4) is 0 Å². The number of aromatic amines is 1. The fourth-order valence-corrected chi connectivity index (χ4v) is 7.85. The van der Waals surface area contributed by atoms with E-state index < -0.39 is 45.0 Å². The number of nitrogens with zero attached hydrogens (tertiary/aromatic N) is 6. The number of β-lactam (4-membered cyclic amide) rings is 1. The molecule has 0 aliphatic carbocycles. The molecule has 39 heavy (non-hydrogen) atoms. The normalized spacial score (nSPS) is 24.6. The van der Waals surface area contributed by atoms with Gasteiger partial charge in [0.15, 0.2) is 4.99 Å². The van der Waals surface area contributed by atoms with Crippen molar-refractivity contribution >= 4 is 59.1 Å². The van der Waals surface area contributed by atoms with Gasteiger partial charge in [0, 0.05) is 38.5 Å². The van der Waals surface area contributed by atoms with Crippen LogP contribution < -0.4 is 15.5 Å². The number of carboxylic acids is 1. The topological polar surface area (TPSA) is 194 Å². The molecule has 1 aromatic carbocycles. The van der Waals surface area contributed by atoms with Crippen LogP contribution in [0.3, 0.4) is 0 Å². The molecule has 4 N–H and O–H groups in total. The van der Waals surface area contributed by atoms with Crippen LogP contribution in [-0.4, -0.2) is 102 Å². The van der Waals surface area contributed by atoms with Gasteiger partial charge < -0.3 is 20.6 Å². The Hall–Kier alpha value is -3.86. The van der Waals surface area contributed by atoms with Gasteiger partial charge in [0.25, 0.3) is 0 Å². The number of aromatic nitrogens is 4. The van der Waals surface area contributed by atoms with Crippen LogP contribution >= 0.6 is 23.5 Å². The van der Waals surface area contributed by atoms with E-state index in [1.807, 2.05) is 0 Å². The Morgan fingerprint density at radius 3 is 2.49 bits per heavy atom. The zero-order chi connectivity index (χ0) is 28.5. The molecule has 0 radical (unpaired) electrons. The fraction of sp³-hybridized carbons (Fsp3) is 0.455. The van der Waals surface area contributed by atoms with Gasteiger partial charge in [0.1, 0.15) is 5.41 Å². The number of urea groups is 2. The van der Waals surface area contributed by atoms with E-state index in [2.05, 4.69) is 31.3 Å². The van der Waals surface area contributed by atoms with Crippen LogP contribution in [0.1, 0.15) is 20.3 Å². The number of carboxylic acid groups (broad SMARTS) is 1. The summed E-state index contributed by atoms with van der Waals surface area (Å²) in [6.07, 6.45) is 0.0807. The maximum absolute atomic E-state index is 13.6. The molecule has 3 heterocycles. The SMILES string of the molecule is CNC(=O)N(C)C(=O)NC1(N(C(C)=O)c2ccccc2)S[C@@H]2CC(=O)N2CC1(C(=O)O)C(C)Sc1nnn[nH]1. The molecule has 0 saturated carbocycles. The van der Waals surface area contributed by atoms with E-state index in [0.29, 0.717) is 5.69 Å². The first-order chi connectivity index (χ1) is 18.5. The first kappa shape index (κ1) is 28.2. The molecule has 3 unspecified atom stereocenters. The summed E-state index contributed by atoms with van der Waals surface area (Å²) < 4.78 is 0. The lowest BCUT2D eigenvalue weighted by molar-refractivity contribution is -0.160. The number of imide groups is 1. The van der Waals surface area contributed by atoms with Crippen molar-refractivity contribution in [1.82, 2.24) is 41.1 Å². The molecule has 0 spiro atoms. The second-order valence-corrected chi connectivity index (χ2v) is 11.6. The summed E-state index contributed by atoms with van der Waals surface area (Å²) >= 11 is 1.95. The zero-order valence-electron chi connectivity index (χ0n) is 21.4. The summed E-state index contributed by atoms with van der Waals surface area (Å²) in [5, 5.41) is 28.4. The average Bonchev–Trinajstić information content (AvgIpc) is 3.40. The van der Waals surface area contributed by atoms with Crippen molar-refractivity contribution in [1.29, 1.82) is 0 Å². The third-order valence-corrected chi connectivity index (χ3v) is 9.62. The summed E-state index contributed by atoms with van der Waals surface area (Å²) in [4.78, 5) is 66.9. The lowest BCUT2D eigenvalue weighted by Gasteiger charge is -2.63. The molecule has 6 amide bonds. The first-order valence-electron chi connectivity index (χ1n) is 11.7. The van der Waals surface area contributed by atoms with Crippen molar-refractivity contribution in [2.45, 2.75) is 41.0 Å². The molecule has 15 nitrogen and oxygen atoms in total. The van der Waals surface area contributed by atoms with Crippen LogP contribution in [-0.2, 0) is 14.4 Å². The molecule has 17 heteroatoms. The number of carbonyl (C=O) groups excluding carboxylic acids is 4. The summed E-state index contributed by atoms with van der Waals surface area (Å²) in [6, 6.07) is 6.59. The van der Waals surface area contributed by atoms with Gasteiger partial charge in [0.05, 0.1) is 11.8 Å². The van der Waals surface area contributed by atoms with Crippen LogP contribution in [0.25, 0.3) is 0 Å². The van der Waals surface area contributed by atoms with Crippen LogP contribution in [0.4, 0.5) is 15.3 Å². The number of amides is 6. The Morgan fingerprint density at radius 1 is 1.26 bits per heavy atom. The number of aliphatic carboxylic acids is 1. The van der Waals surface area contributed by atoms with Crippen molar-refractivity contribution < 1.29 is 29.1 Å². The number of H-pyrrole nitrogens is 1.